The molecule has 7 rings (SSSR count). The predicted molar refractivity (Wildman–Crippen MR) is 174 cm³/mol. The highest BCUT2D eigenvalue weighted by atomic mass is 16.3. The summed E-state index contributed by atoms with van der Waals surface area (Å²) in [6.45, 7) is 5.27. The van der Waals surface area contributed by atoms with Crippen molar-refractivity contribution >= 4 is 27.8 Å². The second-order valence-corrected chi connectivity index (χ2v) is 11.8. The van der Waals surface area contributed by atoms with Crippen LogP contribution in [0.2, 0.25) is 0 Å². The standard InChI is InChI=1S/C35H35N7O3/c1-4-41-32-20-37-31-12-7-25(26-8-11-30(36-18-26)27-19-38-39(3)21-27)17-29(31)33(32)42(35(41)45)28-9-5-23(6-10-28)24-13-15-40(16-14-24)34(44)22(2)43/h5-12,17-22,24,43H,4,13-16H2,1-3H3. The molecule has 1 fully saturated rings. The summed E-state index contributed by atoms with van der Waals surface area (Å²) in [5, 5.41) is 14.8. The molecule has 1 N–H and O–H groups in total. The summed E-state index contributed by atoms with van der Waals surface area (Å²) in [6, 6.07) is 18.4. The van der Waals surface area contributed by atoms with Gasteiger partial charge >= 0.3 is 5.69 Å². The summed E-state index contributed by atoms with van der Waals surface area (Å²) in [7, 11) is 1.89. The molecule has 228 valence electrons. The van der Waals surface area contributed by atoms with Crippen LogP contribution in [-0.4, -0.2) is 64.0 Å². The number of pyridine rings is 2. The Morgan fingerprint density at radius 2 is 1.71 bits per heavy atom. The van der Waals surface area contributed by atoms with Gasteiger partial charge in [-0.3, -0.25) is 28.6 Å². The van der Waals surface area contributed by atoms with Crippen LogP contribution in [-0.2, 0) is 18.4 Å². The van der Waals surface area contributed by atoms with Crippen molar-refractivity contribution in [2.75, 3.05) is 13.1 Å². The van der Waals surface area contributed by atoms with E-state index in [1.54, 1.807) is 31.1 Å². The summed E-state index contributed by atoms with van der Waals surface area (Å²) in [5.74, 6) is 0.106. The van der Waals surface area contributed by atoms with Crippen LogP contribution in [0.1, 0.15) is 38.2 Å². The van der Waals surface area contributed by atoms with Crippen molar-refractivity contribution in [1.82, 2.24) is 33.8 Å². The fourth-order valence-electron chi connectivity index (χ4n) is 6.53. The summed E-state index contributed by atoms with van der Waals surface area (Å²) in [6.07, 6.45) is 8.10. The summed E-state index contributed by atoms with van der Waals surface area (Å²) in [4.78, 5) is 37.2. The number of carbonyl (C=O) groups excluding carboxylic acids is 1. The van der Waals surface area contributed by atoms with Gasteiger partial charge in [-0.05, 0) is 74.1 Å². The van der Waals surface area contributed by atoms with E-state index < -0.39 is 6.10 Å². The first-order valence-electron chi connectivity index (χ1n) is 15.4. The fraction of sp³-hybridized carbons (Fsp3) is 0.286. The quantitative estimate of drug-likeness (QED) is 0.291. The molecule has 10 nitrogen and oxygen atoms in total. The van der Waals surface area contributed by atoms with Gasteiger partial charge in [0.05, 0.1) is 40.3 Å². The smallest absolute Gasteiger partial charge is 0.333 e. The van der Waals surface area contributed by atoms with Gasteiger partial charge in [-0.15, -0.1) is 0 Å². The second kappa shape index (κ2) is 11.4. The number of aliphatic hydroxyl groups is 1. The third kappa shape index (κ3) is 5.10. The highest BCUT2D eigenvalue weighted by molar-refractivity contribution is 6.04. The van der Waals surface area contributed by atoms with Gasteiger partial charge in [-0.25, -0.2) is 4.79 Å². The van der Waals surface area contributed by atoms with Gasteiger partial charge < -0.3 is 10.0 Å². The van der Waals surface area contributed by atoms with E-state index in [4.69, 9.17) is 4.98 Å². The molecule has 0 radical (unpaired) electrons. The highest BCUT2D eigenvalue weighted by Gasteiger charge is 2.26. The normalized spacial score (nSPS) is 14.8. The molecule has 1 aliphatic heterocycles. The number of rotatable bonds is 6. The minimum Gasteiger partial charge on any atom is -0.384 e. The van der Waals surface area contributed by atoms with E-state index in [-0.39, 0.29) is 11.6 Å². The first-order valence-corrected chi connectivity index (χ1v) is 15.4. The number of likely N-dealkylation sites (tertiary alicyclic amines) is 1. The van der Waals surface area contributed by atoms with Crippen molar-refractivity contribution in [3.8, 4) is 28.1 Å². The number of aryl methyl sites for hydroxylation is 2. The molecule has 2 aromatic carbocycles. The average Bonchev–Trinajstić information content (AvgIpc) is 3.64. The molecule has 4 aromatic heterocycles. The predicted octanol–water partition coefficient (Wildman–Crippen LogP) is 4.91. The molecule has 6 aromatic rings. The third-order valence-corrected chi connectivity index (χ3v) is 8.96. The molecule has 1 saturated heterocycles. The molecule has 1 unspecified atom stereocenters. The van der Waals surface area contributed by atoms with E-state index in [1.165, 1.54) is 12.5 Å². The lowest BCUT2D eigenvalue weighted by atomic mass is 9.89. The van der Waals surface area contributed by atoms with E-state index >= 15 is 0 Å². The molecule has 45 heavy (non-hydrogen) atoms. The van der Waals surface area contributed by atoms with Crippen LogP contribution < -0.4 is 5.69 Å². The van der Waals surface area contributed by atoms with Gasteiger partial charge in [-0.1, -0.05) is 24.3 Å². The van der Waals surface area contributed by atoms with Crippen molar-refractivity contribution in [3.05, 3.63) is 95.4 Å². The first-order chi connectivity index (χ1) is 21.8. The van der Waals surface area contributed by atoms with Gasteiger partial charge in [0.25, 0.3) is 5.91 Å². The summed E-state index contributed by atoms with van der Waals surface area (Å²) < 4.78 is 5.32. The SMILES string of the molecule is CCn1c(=O)n(-c2ccc(C3CCN(C(=O)C(C)O)CC3)cc2)c2c3cc(-c4ccc(-c5cnn(C)c5)nc4)ccc3ncc21. The Kier molecular flexibility index (Phi) is 7.29. The van der Waals surface area contributed by atoms with Gasteiger partial charge in [0.2, 0.25) is 0 Å². The fourth-order valence-corrected chi connectivity index (χ4v) is 6.53. The number of imidazole rings is 1. The van der Waals surface area contributed by atoms with Gasteiger partial charge in [-0.2, -0.15) is 5.10 Å². The van der Waals surface area contributed by atoms with Crippen LogP contribution in [0.5, 0.6) is 0 Å². The number of nitrogens with zero attached hydrogens (tertiary/aromatic N) is 7. The largest absolute Gasteiger partial charge is 0.384 e. The molecule has 0 saturated carbocycles. The number of fused-ring (bicyclic) bond motifs is 3. The molecule has 0 aliphatic carbocycles. The number of hydrogen-bond acceptors (Lipinski definition) is 6. The highest BCUT2D eigenvalue weighted by Crippen LogP contribution is 2.32. The Morgan fingerprint density at radius 3 is 2.36 bits per heavy atom. The zero-order valence-corrected chi connectivity index (χ0v) is 25.6. The zero-order valence-electron chi connectivity index (χ0n) is 25.6. The second-order valence-electron chi connectivity index (χ2n) is 11.8. The topological polar surface area (TPSA) is 111 Å². The average molecular weight is 602 g/mol. The number of aliphatic hydroxyl groups excluding tert-OH is 1. The molecule has 1 amide bonds. The van der Waals surface area contributed by atoms with Crippen molar-refractivity contribution in [2.24, 2.45) is 7.05 Å². The van der Waals surface area contributed by atoms with Crippen LogP contribution in [0.4, 0.5) is 0 Å². The monoisotopic (exact) mass is 601 g/mol. The van der Waals surface area contributed by atoms with E-state index in [2.05, 4.69) is 34.3 Å². The Morgan fingerprint density at radius 1 is 0.956 bits per heavy atom. The number of aromatic nitrogens is 6. The molecule has 0 bridgehead atoms. The minimum absolute atomic E-state index is 0.104. The lowest BCUT2D eigenvalue weighted by molar-refractivity contribution is -0.140. The number of hydrogen-bond donors (Lipinski definition) is 1. The van der Waals surface area contributed by atoms with E-state index in [0.717, 1.165) is 62.8 Å². The van der Waals surface area contributed by atoms with Crippen molar-refractivity contribution in [3.63, 3.8) is 0 Å². The Bertz CT molecular complexity index is 2080. The molecule has 0 spiro atoms. The maximum atomic E-state index is 13.9. The van der Waals surface area contributed by atoms with Crippen molar-refractivity contribution < 1.29 is 9.90 Å². The summed E-state index contributed by atoms with van der Waals surface area (Å²) >= 11 is 0. The molecule has 10 heteroatoms. The molecule has 5 heterocycles. The van der Waals surface area contributed by atoms with Crippen LogP contribution >= 0.6 is 0 Å². The lowest BCUT2D eigenvalue weighted by Gasteiger charge is -2.33. The van der Waals surface area contributed by atoms with Crippen LogP contribution in [0.25, 0.3) is 50.0 Å². The number of carbonyl (C=O) groups is 1. The molecule has 1 atom stereocenters. The van der Waals surface area contributed by atoms with E-state index in [9.17, 15) is 14.7 Å². The molecular formula is C35H35N7O3. The Labute approximate surface area is 260 Å². The maximum Gasteiger partial charge on any atom is 0.333 e. The Hall–Kier alpha value is -5.09. The number of piperidine rings is 1. The zero-order chi connectivity index (χ0) is 31.2. The van der Waals surface area contributed by atoms with E-state index in [1.807, 2.05) is 56.7 Å². The molecular weight excluding hydrogens is 566 g/mol. The minimum atomic E-state index is -0.971. The van der Waals surface area contributed by atoms with Gasteiger partial charge in [0.1, 0.15) is 6.10 Å². The third-order valence-electron chi connectivity index (χ3n) is 8.96. The van der Waals surface area contributed by atoms with Crippen LogP contribution in [0.15, 0.2) is 84.2 Å². The van der Waals surface area contributed by atoms with E-state index in [0.29, 0.717) is 25.6 Å². The van der Waals surface area contributed by atoms with Crippen molar-refractivity contribution in [1.29, 1.82) is 0 Å². The lowest BCUT2D eigenvalue weighted by Crippen LogP contribution is -2.42. The van der Waals surface area contributed by atoms with Crippen LogP contribution in [0, 0.1) is 0 Å². The van der Waals surface area contributed by atoms with Gasteiger partial charge in [0, 0.05) is 55.6 Å². The van der Waals surface area contributed by atoms with Gasteiger partial charge in [0.15, 0.2) is 0 Å². The number of benzene rings is 2. The first kappa shape index (κ1) is 28.7. The number of amides is 1. The Balaban J connectivity index is 1.25. The van der Waals surface area contributed by atoms with Crippen molar-refractivity contribution in [2.45, 2.75) is 45.3 Å². The van der Waals surface area contributed by atoms with Crippen LogP contribution in [0.3, 0.4) is 0 Å². The molecule has 1 aliphatic rings. The summed E-state index contributed by atoms with van der Waals surface area (Å²) in [5.41, 5.74) is 8.07. The maximum absolute atomic E-state index is 13.9.